The largest absolute Gasteiger partial charge is 0.481 e. The second-order valence-corrected chi connectivity index (χ2v) is 17.5. The molecule has 1 atom stereocenters. The number of sulfonamides is 1. The highest BCUT2D eigenvalue weighted by Gasteiger charge is 2.32. The number of nitrogens with one attached hydrogen (secondary N) is 3. The number of carboxylic acid groups (broad SMARTS) is 1. The summed E-state index contributed by atoms with van der Waals surface area (Å²) in [4.78, 5) is 34.3. The molecule has 0 fully saturated rings. The van der Waals surface area contributed by atoms with Crippen molar-refractivity contribution in [1.29, 1.82) is 5.26 Å². The lowest BCUT2D eigenvalue weighted by atomic mass is 9.96. The van der Waals surface area contributed by atoms with Gasteiger partial charge < -0.3 is 15.4 Å². The van der Waals surface area contributed by atoms with Crippen LogP contribution in [0.25, 0.3) is 27.0 Å². The fraction of sp³-hybridized carbons (Fsp3) is 0.163. The molecular weight excluding hydrogens is 808 g/mol. The van der Waals surface area contributed by atoms with Crippen molar-refractivity contribution in [2.24, 2.45) is 4.99 Å². The molecule has 296 valence electrons. The minimum absolute atomic E-state index is 0.0372. The Morgan fingerprint density at radius 1 is 0.983 bits per heavy atom. The number of nitriles is 1. The van der Waals surface area contributed by atoms with Crippen LogP contribution in [0.2, 0.25) is 5.02 Å². The van der Waals surface area contributed by atoms with Crippen molar-refractivity contribution in [2.75, 3.05) is 4.72 Å². The van der Waals surface area contributed by atoms with E-state index in [1.54, 1.807) is 60.0 Å². The number of aryl methyl sites for hydroxylation is 3. The van der Waals surface area contributed by atoms with Crippen LogP contribution in [0.5, 0.6) is 0 Å². The average Bonchev–Trinajstić information content (AvgIpc) is 3.89. The number of hydrogen-bond donors (Lipinski definition) is 4. The number of aliphatic imine (C=N–C) groups is 1. The Balaban J connectivity index is 0.961. The van der Waals surface area contributed by atoms with Crippen LogP contribution in [0.3, 0.4) is 0 Å². The van der Waals surface area contributed by atoms with E-state index in [0.29, 0.717) is 61.2 Å². The van der Waals surface area contributed by atoms with Crippen molar-refractivity contribution in [3.63, 3.8) is 0 Å². The summed E-state index contributed by atoms with van der Waals surface area (Å²) < 4.78 is 31.1. The van der Waals surface area contributed by atoms with Crippen molar-refractivity contribution >= 4 is 67.1 Å². The number of H-pyrrole nitrogens is 1. The number of aromatic nitrogens is 4. The second kappa shape index (κ2) is 15.3. The molecule has 0 saturated carbocycles. The molecule has 0 bridgehead atoms. The summed E-state index contributed by atoms with van der Waals surface area (Å²) >= 11 is 8.36. The maximum Gasteiger partial charge on any atom is 0.306 e. The molecule has 1 amide bonds. The Morgan fingerprint density at radius 3 is 2.41 bits per heavy atom. The zero-order valence-electron chi connectivity index (χ0n) is 32.1. The Bertz CT molecular complexity index is 3030. The van der Waals surface area contributed by atoms with Crippen molar-refractivity contribution in [1.82, 2.24) is 25.1 Å². The molecule has 4 heterocycles. The van der Waals surface area contributed by atoms with Gasteiger partial charge in [0.2, 0.25) is 0 Å². The van der Waals surface area contributed by atoms with Gasteiger partial charge in [0.15, 0.2) is 5.82 Å². The molecule has 1 aliphatic rings. The molecule has 1 aliphatic heterocycles. The minimum Gasteiger partial charge on any atom is -0.481 e. The number of fused-ring (bicyclic) bond motifs is 4. The van der Waals surface area contributed by atoms with Crippen molar-refractivity contribution in [3.05, 3.63) is 146 Å². The number of carbonyl (C=O) groups is 2. The molecule has 0 aliphatic carbocycles. The van der Waals surface area contributed by atoms with Crippen LogP contribution >= 0.6 is 22.9 Å². The third kappa shape index (κ3) is 7.26. The Kier molecular flexibility index (Phi) is 10.2. The van der Waals surface area contributed by atoms with E-state index in [2.05, 4.69) is 31.3 Å². The molecule has 0 saturated heterocycles. The molecular formula is C43H35ClN8O5S2. The third-order valence-corrected chi connectivity index (χ3v) is 13.3. The summed E-state index contributed by atoms with van der Waals surface area (Å²) in [5.74, 6) is -0.204. The van der Waals surface area contributed by atoms with Gasteiger partial charge in [-0.3, -0.25) is 23.9 Å². The molecule has 8 rings (SSSR count). The van der Waals surface area contributed by atoms with E-state index in [0.717, 1.165) is 37.7 Å². The SMILES string of the molecule is Cc1sc2c(c1C)C(c1ccc(-c3ccc(C(=O)NCc4ccc(S(=O)(=O)Nc5ccc(C)c6c(C#N)c[nH]c56)cc4)cc3Cl)cc1)=N[C@@H](CC(=O)O)c1nnc(C)n1-2. The van der Waals surface area contributed by atoms with E-state index < -0.39 is 22.0 Å². The number of nitrogens with zero attached hydrogens (tertiary/aromatic N) is 5. The number of halogens is 1. The highest BCUT2D eigenvalue weighted by molar-refractivity contribution is 7.92. The first-order chi connectivity index (χ1) is 28.2. The van der Waals surface area contributed by atoms with Gasteiger partial charge in [-0.15, -0.1) is 21.5 Å². The van der Waals surface area contributed by atoms with Crippen molar-refractivity contribution in [2.45, 2.75) is 51.6 Å². The molecule has 3 aromatic heterocycles. The monoisotopic (exact) mass is 842 g/mol. The molecule has 13 nitrogen and oxygen atoms in total. The Hall–Kier alpha value is -6.60. The van der Waals surface area contributed by atoms with E-state index in [1.165, 1.54) is 12.1 Å². The van der Waals surface area contributed by atoms with Gasteiger partial charge in [-0.2, -0.15) is 5.26 Å². The third-order valence-electron chi connectivity index (χ3n) is 10.4. The first kappa shape index (κ1) is 39.2. The highest BCUT2D eigenvalue weighted by Crippen LogP contribution is 2.40. The number of rotatable bonds is 10. The van der Waals surface area contributed by atoms with Gasteiger partial charge in [-0.25, -0.2) is 8.42 Å². The lowest BCUT2D eigenvalue weighted by Gasteiger charge is -2.12. The predicted molar refractivity (Wildman–Crippen MR) is 227 cm³/mol. The average molecular weight is 843 g/mol. The predicted octanol–water partition coefficient (Wildman–Crippen LogP) is 8.33. The van der Waals surface area contributed by atoms with Crippen LogP contribution in [-0.4, -0.2) is 50.9 Å². The van der Waals surface area contributed by atoms with Gasteiger partial charge in [-0.05, 0) is 80.3 Å². The van der Waals surface area contributed by atoms with Crippen LogP contribution in [0.4, 0.5) is 5.69 Å². The number of hydrogen-bond acceptors (Lipinski definition) is 9. The number of carbonyl (C=O) groups excluding carboxylic acids is 1. The van der Waals surface area contributed by atoms with Gasteiger partial charge >= 0.3 is 5.97 Å². The first-order valence-corrected chi connectivity index (χ1v) is 21.0. The zero-order chi connectivity index (χ0) is 41.7. The number of carboxylic acids is 1. The summed E-state index contributed by atoms with van der Waals surface area (Å²) in [6.07, 6.45) is 1.31. The fourth-order valence-corrected chi connectivity index (χ4v) is 9.83. The second-order valence-electron chi connectivity index (χ2n) is 14.2. The number of aliphatic carboxylic acids is 1. The van der Waals surface area contributed by atoms with E-state index in [-0.39, 0.29) is 23.8 Å². The van der Waals surface area contributed by atoms with E-state index >= 15 is 0 Å². The van der Waals surface area contributed by atoms with Gasteiger partial charge in [0, 0.05) is 50.3 Å². The van der Waals surface area contributed by atoms with Crippen LogP contribution in [-0.2, 0) is 21.4 Å². The Morgan fingerprint density at radius 2 is 1.71 bits per heavy atom. The van der Waals surface area contributed by atoms with Gasteiger partial charge in [0.1, 0.15) is 22.9 Å². The van der Waals surface area contributed by atoms with Gasteiger partial charge in [-0.1, -0.05) is 60.1 Å². The van der Waals surface area contributed by atoms with Crippen LogP contribution < -0.4 is 10.0 Å². The number of thiophene rings is 1. The minimum atomic E-state index is -3.96. The Labute approximate surface area is 348 Å². The summed E-state index contributed by atoms with van der Waals surface area (Å²) in [5.41, 5.74) is 8.12. The van der Waals surface area contributed by atoms with Gasteiger partial charge in [0.25, 0.3) is 15.9 Å². The summed E-state index contributed by atoms with van der Waals surface area (Å²) in [5, 5.41) is 32.6. The summed E-state index contributed by atoms with van der Waals surface area (Å²) in [6, 6.07) is 23.7. The smallest absolute Gasteiger partial charge is 0.306 e. The maximum absolute atomic E-state index is 13.3. The number of benzene rings is 4. The summed E-state index contributed by atoms with van der Waals surface area (Å²) in [6.45, 7) is 7.92. The number of anilines is 1. The fourth-order valence-electron chi connectivity index (χ4n) is 7.26. The molecule has 0 unspecified atom stereocenters. The molecule has 0 spiro atoms. The number of amides is 1. The summed E-state index contributed by atoms with van der Waals surface area (Å²) in [7, 11) is -3.96. The molecule has 0 radical (unpaired) electrons. The normalized spacial score (nSPS) is 13.6. The zero-order valence-corrected chi connectivity index (χ0v) is 34.5. The number of aromatic amines is 1. The van der Waals surface area contributed by atoms with Gasteiger partial charge in [0.05, 0.1) is 33.8 Å². The molecule has 7 aromatic rings. The quantitative estimate of drug-likeness (QED) is 0.105. The lowest BCUT2D eigenvalue weighted by molar-refractivity contribution is -0.137. The van der Waals surface area contributed by atoms with Crippen LogP contribution in [0, 0.1) is 39.0 Å². The topological polar surface area (TPSA) is 195 Å². The van der Waals surface area contributed by atoms with E-state index in [4.69, 9.17) is 16.6 Å². The molecule has 4 N–H and O–H groups in total. The molecule has 4 aromatic carbocycles. The first-order valence-electron chi connectivity index (χ1n) is 18.4. The standard InChI is InChI=1S/C43H35ClN8O5S2/c1-22-5-16-34(40-37(22)30(19-45)21-46-40)51-59(56,57)31-13-6-26(7-14-31)20-47-42(55)29-12-15-32(33(44)17-29)27-8-10-28(11-9-27)39-38-23(2)24(3)58-43(38)52-25(4)49-50-41(52)35(48-39)18-36(53)54/h5-17,21,35,46,51H,18,20H2,1-4H3,(H,47,55)(H,53,54)/t35-/m0/s1. The van der Waals surface area contributed by atoms with Crippen LogP contribution in [0.1, 0.15) is 72.7 Å². The highest BCUT2D eigenvalue weighted by atomic mass is 35.5. The molecule has 16 heteroatoms. The van der Waals surface area contributed by atoms with Crippen molar-refractivity contribution < 1.29 is 23.1 Å². The maximum atomic E-state index is 13.3. The van der Waals surface area contributed by atoms with E-state index in [9.17, 15) is 28.4 Å². The molecule has 59 heavy (non-hydrogen) atoms. The lowest BCUT2D eigenvalue weighted by Crippen LogP contribution is -2.22. The van der Waals surface area contributed by atoms with E-state index in [1.807, 2.05) is 56.5 Å². The van der Waals surface area contributed by atoms with Crippen LogP contribution in [0.15, 0.2) is 94.9 Å². The van der Waals surface area contributed by atoms with Crippen molar-refractivity contribution in [3.8, 4) is 22.2 Å².